The highest BCUT2D eigenvalue weighted by Gasteiger charge is 2.23. The first-order valence-electron chi connectivity index (χ1n) is 4.78. The molecule has 1 aliphatic heterocycles. The van der Waals surface area contributed by atoms with Crippen LogP contribution in [0.2, 0.25) is 0 Å². The lowest BCUT2D eigenvalue weighted by Crippen LogP contribution is -2.41. The second-order valence-electron chi connectivity index (χ2n) is 2.98. The van der Waals surface area contributed by atoms with E-state index in [0.29, 0.717) is 23.2 Å². The third-order valence-electron chi connectivity index (χ3n) is 1.87. The Bertz CT molecular complexity index is 329. The Balaban J connectivity index is 2.70. The largest absolute Gasteiger partial charge is 0.364 e. The molecule has 1 aliphatic rings. The van der Waals surface area contributed by atoms with Crippen molar-refractivity contribution in [2.75, 3.05) is 19.3 Å². The minimum absolute atomic E-state index is 0.0644. The Morgan fingerprint density at radius 3 is 3.19 bits per heavy atom. The summed E-state index contributed by atoms with van der Waals surface area (Å²) < 4.78 is 0. The van der Waals surface area contributed by atoms with E-state index >= 15 is 0 Å². The Morgan fingerprint density at radius 1 is 1.81 bits per heavy atom. The summed E-state index contributed by atoms with van der Waals surface area (Å²) in [6.07, 6.45) is 2.21. The van der Waals surface area contributed by atoms with Crippen LogP contribution in [0.3, 0.4) is 0 Å². The average Bonchev–Trinajstić information content (AvgIpc) is 2.29. The van der Waals surface area contributed by atoms with Crippen molar-refractivity contribution in [1.82, 2.24) is 15.6 Å². The zero-order valence-electron chi connectivity index (χ0n) is 9.02. The van der Waals surface area contributed by atoms with Crippen LogP contribution in [0.4, 0.5) is 0 Å². The van der Waals surface area contributed by atoms with Gasteiger partial charge in [0.1, 0.15) is 0 Å². The lowest BCUT2D eigenvalue weighted by atomic mass is 10.4. The number of hydrogen-bond donors (Lipinski definition) is 2. The highest BCUT2D eigenvalue weighted by Crippen LogP contribution is 2.18. The van der Waals surface area contributed by atoms with Crippen molar-refractivity contribution in [2.45, 2.75) is 6.42 Å². The molecule has 0 unspecified atom stereocenters. The minimum Gasteiger partial charge on any atom is -0.364 e. The molecule has 0 aromatic heterocycles. The van der Waals surface area contributed by atoms with Gasteiger partial charge in [0.15, 0.2) is 10.3 Å². The van der Waals surface area contributed by atoms with Crippen LogP contribution in [0.1, 0.15) is 6.42 Å². The van der Waals surface area contributed by atoms with Crippen LogP contribution in [0.5, 0.6) is 0 Å². The zero-order chi connectivity index (χ0) is 12.0. The van der Waals surface area contributed by atoms with E-state index in [0.717, 1.165) is 5.75 Å². The Hall–Kier alpha value is -1.08. The lowest BCUT2D eigenvalue weighted by Gasteiger charge is -2.26. The van der Waals surface area contributed by atoms with E-state index in [9.17, 15) is 4.79 Å². The number of nitrogens with one attached hydrogen (secondary N) is 2. The molecule has 0 aromatic rings. The molecular formula is C9H14N4OS2. The third-order valence-corrected chi connectivity index (χ3v) is 3.14. The van der Waals surface area contributed by atoms with Gasteiger partial charge in [0.05, 0.1) is 0 Å². The maximum atomic E-state index is 11.6. The van der Waals surface area contributed by atoms with Crippen molar-refractivity contribution in [3.05, 3.63) is 12.7 Å². The van der Waals surface area contributed by atoms with Crippen LogP contribution in [0, 0.1) is 0 Å². The molecule has 2 N–H and O–H groups in total. The Morgan fingerprint density at radius 2 is 2.56 bits per heavy atom. The van der Waals surface area contributed by atoms with Crippen molar-refractivity contribution in [3.8, 4) is 0 Å². The number of nitrogens with zero attached hydrogens (tertiary/aromatic N) is 2. The van der Waals surface area contributed by atoms with E-state index in [1.54, 1.807) is 18.0 Å². The molecule has 1 saturated heterocycles. The summed E-state index contributed by atoms with van der Waals surface area (Å²) in [4.78, 5) is 13.2. The predicted molar refractivity (Wildman–Crippen MR) is 71.2 cm³/mol. The summed E-state index contributed by atoms with van der Waals surface area (Å²) in [5.41, 5.74) is 2.67. The van der Waals surface area contributed by atoms with Gasteiger partial charge in [-0.1, -0.05) is 17.8 Å². The summed E-state index contributed by atoms with van der Waals surface area (Å²) in [5.74, 6) is 0.814. The van der Waals surface area contributed by atoms with E-state index in [-0.39, 0.29) is 5.91 Å². The highest BCUT2D eigenvalue weighted by atomic mass is 32.2. The van der Waals surface area contributed by atoms with E-state index in [1.165, 1.54) is 11.8 Å². The van der Waals surface area contributed by atoms with Crippen molar-refractivity contribution in [1.29, 1.82) is 0 Å². The van der Waals surface area contributed by atoms with Gasteiger partial charge in [-0.05, 0) is 12.2 Å². The van der Waals surface area contributed by atoms with Crippen LogP contribution in [-0.2, 0) is 4.79 Å². The van der Waals surface area contributed by atoms with Gasteiger partial charge in [0.25, 0.3) is 0 Å². The quantitative estimate of drug-likeness (QED) is 0.439. The minimum atomic E-state index is 0.0644. The van der Waals surface area contributed by atoms with Crippen LogP contribution >= 0.6 is 24.0 Å². The molecule has 88 valence electrons. The first-order valence-corrected chi connectivity index (χ1v) is 6.18. The van der Waals surface area contributed by atoms with Crippen LogP contribution in [0.25, 0.3) is 0 Å². The Labute approximate surface area is 104 Å². The topological polar surface area (TPSA) is 56.7 Å². The first kappa shape index (κ1) is 13.0. The number of thioether (sulfide) groups is 1. The molecule has 1 heterocycles. The number of carbonyl (C=O) groups is 1. The highest BCUT2D eigenvalue weighted by molar-refractivity contribution is 8.13. The van der Waals surface area contributed by atoms with Crippen LogP contribution in [0.15, 0.2) is 17.8 Å². The SMILES string of the molecule is C=CCN1C(=O)CCSC1=NNC(=S)NC. The summed E-state index contributed by atoms with van der Waals surface area (Å²) in [6.45, 7) is 4.09. The summed E-state index contributed by atoms with van der Waals surface area (Å²) >= 11 is 6.42. The maximum Gasteiger partial charge on any atom is 0.229 e. The van der Waals surface area contributed by atoms with Gasteiger partial charge < -0.3 is 5.32 Å². The van der Waals surface area contributed by atoms with Gasteiger partial charge in [0.2, 0.25) is 5.91 Å². The monoisotopic (exact) mass is 258 g/mol. The van der Waals surface area contributed by atoms with E-state index in [2.05, 4.69) is 22.4 Å². The number of amidine groups is 1. The van der Waals surface area contributed by atoms with Crippen molar-refractivity contribution < 1.29 is 4.79 Å². The van der Waals surface area contributed by atoms with Crippen molar-refractivity contribution in [2.24, 2.45) is 5.10 Å². The fourth-order valence-corrected chi connectivity index (χ4v) is 2.05. The first-order chi connectivity index (χ1) is 7.69. The number of hydrogen-bond acceptors (Lipinski definition) is 4. The molecule has 1 rings (SSSR count). The molecule has 1 fully saturated rings. The molecule has 0 radical (unpaired) electrons. The molecule has 1 amide bonds. The fourth-order valence-electron chi connectivity index (χ4n) is 1.11. The van der Waals surface area contributed by atoms with Gasteiger partial charge >= 0.3 is 0 Å². The molecular weight excluding hydrogens is 244 g/mol. The molecule has 16 heavy (non-hydrogen) atoms. The number of rotatable bonds is 3. The summed E-state index contributed by atoms with van der Waals surface area (Å²) in [5, 5.41) is 7.88. The van der Waals surface area contributed by atoms with Crippen molar-refractivity contribution in [3.63, 3.8) is 0 Å². The normalized spacial score (nSPS) is 18.4. The molecule has 0 bridgehead atoms. The fraction of sp³-hybridized carbons (Fsp3) is 0.444. The predicted octanol–water partition coefficient (Wildman–Crippen LogP) is 0.503. The van der Waals surface area contributed by atoms with E-state index in [4.69, 9.17) is 12.2 Å². The standard InChI is InChI=1S/C9H14N4OS2/c1-3-5-13-7(14)4-6-16-9(13)12-11-8(15)10-2/h3H,1,4-6H2,2H3,(H2,10,11,15). The number of amides is 1. The van der Waals surface area contributed by atoms with E-state index < -0.39 is 0 Å². The number of carbonyl (C=O) groups excluding carboxylic acids is 1. The second-order valence-corrected chi connectivity index (χ2v) is 4.45. The van der Waals surface area contributed by atoms with Crippen molar-refractivity contribution >= 4 is 40.2 Å². The van der Waals surface area contributed by atoms with Crippen LogP contribution < -0.4 is 10.7 Å². The zero-order valence-corrected chi connectivity index (χ0v) is 10.7. The number of hydrazone groups is 1. The third kappa shape index (κ3) is 3.49. The van der Waals surface area contributed by atoms with Gasteiger partial charge in [-0.3, -0.25) is 15.1 Å². The smallest absolute Gasteiger partial charge is 0.229 e. The summed E-state index contributed by atoms with van der Waals surface area (Å²) in [7, 11) is 1.70. The van der Waals surface area contributed by atoms with Gasteiger partial charge in [0, 0.05) is 25.8 Å². The average molecular weight is 258 g/mol. The molecule has 0 atom stereocenters. The van der Waals surface area contributed by atoms with Gasteiger partial charge in [-0.2, -0.15) is 0 Å². The lowest BCUT2D eigenvalue weighted by molar-refractivity contribution is -0.126. The molecule has 0 spiro atoms. The van der Waals surface area contributed by atoms with E-state index in [1.807, 2.05) is 0 Å². The molecule has 0 saturated carbocycles. The molecule has 0 aliphatic carbocycles. The maximum absolute atomic E-state index is 11.6. The molecule has 7 heteroatoms. The second kappa shape index (κ2) is 6.49. The van der Waals surface area contributed by atoms with Crippen LogP contribution in [-0.4, -0.2) is 40.4 Å². The Kier molecular flexibility index (Phi) is 5.27. The molecule has 5 nitrogen and oxygen atoms in total. The van der Waals surface area contributed by atoms with Gasteiger partial charge in [-0.25, -0.2) is 0 Å². The molecule has 0 aromatic carbocycles. The summed E-state index contributed by atoms with van der Waals surface area (Å²) in [6, 6.07) is 0. The number of thiocarbonyl (C=S) groups is 1. The van der Waals surface area contributed by atoms with Gasteiger partial charge in [-0.15, -0.1) is 11.7 Å².